The number of benzene rings is 1. The van der Waals surface area contributed by atoms with E-state index in [4.69, 9.17) is 0 Å². The third-order valence-electron chi connectivity index (χ3n) is 2.66. The number of amides is 1. The normalized spacial score (nSPS) is 10.2. The van der Waals surface area contributed by atoms with Crippen LogP contribution in [0.5, 0.6) is 0 Å². The summed E-state index contributed by atoms with van der Waals surface area (Å²) in [5, 5.41) is 2.56. The molecule has 1 aromatic carbocycles. The standard InChI is InChI=1S/C13H12BrN3O2/c1-15-12(18)10-4-2-9(3-5-10)7-17-8-16-6-11(14)13(17)19/h2-6,8H,7H2,1H3,(H,15,18). The molecule has 0 fully saturated rings. The molecule has 2 rings (SSSR count). The van der Waals surface area contributed by atoms with Crippen molar-refractivity contribution in [1.82, 2.24) is 14.9 Å². The number of nitrogens with zero attached hydrogens (tertiary/aromatic N) is 2. The lowest BCUT2D eigenvalue weighted by Crippen LogP contribution is -2.21. The minimum Gasteiger partial charge on any atom is -0.355 e. The Morgan fingerprint density at radius 3 is 2.68 bits per heavy atom. The van der Waals surface area contributed by atoms with Crippen LogP contribution < -0.4 is 10.9 Å². The molecule has 1 amide bonds. The molecule has 0 radical (unpaired) electrons. The molecule has 5 nitrogen and oxygen atoms in total. The second-order valence-electron chi connectivity index (χ2n) is 3.95. The van der Waals surface area contributed by atoms with Crippen molar-refractivity contribution in [2.75, 3.05) is 7.05 Å². The SMILES string of the molecule is CNC(=O)c1ccc(Cn2cncc(Br)c2=O)cc1. The molecule has 0 unspecified atom stereocenters. The van der Waals surface area contributed by atoms with Gasteiger partial charge in [-0.1, -0.05) is 12.1 Å². The summed E-state index contributed by atoms with van der Waals surface area (Å²) in [7, 11) is 1.59. The summed E-state index contributed by atoms with van der Waals surface area (Å²) in [6.45, 7) is 0.416. The largest absolute Gasteiger partial charge is 0.355 e. The van der Waals surface area contributed by atoms with Gasteiger partial charge in [-0.2, -0.15) is 0 Å². The Kier molecular flexibility index (Phi) is 4.11. The number of rotatable bonds is 3. The van der Waals surface area contributed by atoms with Crippen LogP contribution in [0.15, 0.2) is 46.1 Å². The number of aromatic nitrogens is 2. The van der Waals surface area contributed by atoms with Crippen molar-refractivity contribution >= 4 is 21.8 Å². The molecule has 6 heteroatoms. The Morgan fingerprint density at radius 2 is 2.05 bits per heavy atom. The molecule has 1 aromatic heterocycles. The zero-order valence-electron chi connectivity index (χ0n) is 10.3. The molecule has 0 aliphatic rings. The molecule has 19 heavy (non-hydrogen) atoms. The summed E-state index contributed by atoms with van der Waals surface area (Å²) >= 11 is 3.15. The summed E-state index contributed by atoms with van der Waals surface area (Å²) < 4.78 is 1.93. The maximum absolute atomic E-state index is 11.8. The number of hydrogen-bond donors (Lipinski definition) is 1. The highest BCUT2D eigenvalue weighted by Crippen LogP contribution is 2.06. The molecular formula is C13H12BrN3O2. The zero-order valence-corrected chi connectivity index (χ0v) is 11.8. The molecule has 2 aromatic rings. The minimum absolute atomic E-state index is 0.132. The van der Waals surface area contributed by atoms with Crippen LogP contribution in [0.25, 0.3) is 0 Å². The van der Waals surface area contributed by atoms with Crippen LogP contribution in [0.2, 0.25) is 0 Å². The number of nitrogens with one attached hydrogen (secondary N) is 1. The van der Waals surface area contributed by atoms with Crippen LogP contribution in [0.3, 0.4) is 0 Å². The first-order valence-corrected chi connectivity index (χ1v) is 6.42. The van der Waals surface area contributed by atoms with Crippen molar-refractivity contribution in [3.63, 3.8) is 0 Å². The van der Waals surface area contributed by atoms with Gasteiger partial charge in [-0.25, -0.2) is 4.98 Å². The summed E-state index contributed by atoms with van der Waals surface area (Å²) in [6, 6.07) is 7.09. The predicted molar refractivity (Wildman–Crippen MR) is 75.1 cm³/mol. The lowest BCUT2D eigenvalue weighted by Gasteiger charge is -2.06. The van der Waals surface area contributed by atoms with Crippen LogP contribution in [-0.4, -0.2) is 22.5 Å². The van der Waals surface area contributed by atoms with Crippen LogP contribution in [0, 0.1) is 0 Å². The number of hydrogen-bond acceptors (Lipinski definition) is 3. The van der Waals surface area contributed by atoms with Crippen LogP contribution in [0.4, 0.5) is 0 Å². The van der Waals surface area contributed by atoms with E-state index in [1.165, 1.54) is 17.1 Å². The molecule has 1 N–H and O–H groups in total. The average molecular weight is 322 g/mol. The second kappa shape index (κ2) is 5.79. The van der Waals surface area contributed by atoms with E-state index in [0.717, 1.165) is 5.56 Å². The van der Waals surface area contributed by atoms with Crippen molar-refractivity contribution in [1.29, 1.82) is 0 Å². The van der Waals surface area contributed by atoms with E-state index in [1.807, 2.05) is 12.1 Å². The zero-order chi connectivity index (χ0) is 13.8. The quantitative estimate of drug-likeness (QED) is 0.929. The average Bonchev–Trinajstić information content (AvgIpc) is 2.44. The first-order chi connectivity index (χ1) is 9.11. The molecule has 0 aliphatic carbocycles. The van der Waals surface area contributed by atoms with Gasteiger partial charge in [-0.3, -0.25) is 14.2 Å². The fraction of sp³-hybridized carbons (Fsp3) is 0.154. The Morgan fingerprint density at radius 1 is 1.37 bits per heavy atom. The number of carbonyl (C=O) groups excluding carboxylic acids is 1. The van der Waals surface area contributed by atoms with Gasteiger partial charge in [-0.15, -0.1) is 0 Å². The van der Waals surface area contributed by atoms with E-state index in [1.54, 1.807) is 19.2 Å². The molecule has 0 bridgehead atoms. The van der Waals surface area contributed by atoms with Gasteiger partial charge in [-0.05, 0) is 33.6 Å². The topological polar surface area (TPSA) is 64.0 Å². The van der Waals surface area contributed by atoms with Crippen molar-refractivity contribution < 1.29 is 4.79 Å². The fourth-order valence-electron chi connectivity index (χ4n) is 1.64. The van der Waals surface area contributed by atoms with Gasteiger partial charge in [0.15, 0.2) is 0 Å². The van der Waals surface area contributed by atoms with Gasteiger partial charge in [0.1, 0.15) is 4.47 Å². The molecule has 0 spiro atoms. The molecule has 0 saturated carbocycles. The fourth-order valence-corrected chi connectivity index (χ4v) is 1.99. The third kappa shape index (κ3) is 3.08. The highest BCUT2D eigenvalue weighted by Gasteiger charge is 2.04. The summed E-state index contributed by atoms with van der Waals surface area (Å²) in [6.07, 6.45) is 2.95. The predicted octanol–water partition coefficient (Wildman–Crippen LogP) is 1.41. The minimum atomic E-state index is -0.134. The van der Waals surface area contributed by atoms with E-state index in [9.17, 15) is 9.59 Å². The van der Waals surface area contributed by atoms with Crippen molar-refractivity contribution in [3.8, 4) is 0 Å². The number of carbonyl (C=O) groups is 1. The Labute approximate surface area is 118 Å². The van der Waals surface area contributed by atoms with Crippen LogP contribution in [0.1, 0.15) is 15.9 Å². The van der Waals surface area contributed by atoms with Crippen molar-refractivity contribution in [2.45, 2.75) is 6.54 Å². The second-order valence-corrected chi connectivity index (χ2v) is 4.81. The van der Waals surface area contributed by atoms with Gasteiger partial charge in [0.25, 0.3) is 11.5 Å². The van der Waals surface area contributed by atoms with E-state index < -0.39 is 0 Å². The molecule has 0 aliphatic heterocycles. The van der Waals surface area contributed by atoms with E-state index >= 15 is 0 Å². The third-order valence-corrected chi connectivity index (χ3v) is 3.20. The lowest BCUT2D eigenvalue weighted by atomic mass is 10.1. The van der Waals surface area contributed by atoms with E-state index in [0.29, 0.717) is 16.6 Å². The van der Waals surface area contributed by atoms with Crippen LogP contribution in [-0.2, 0) is 6.54 Å². The Balaban J connectivity index is 2.22. The molecule has 0 atom stereocenters. The highest BCUT2D eigenvalue weighted by molar-refractivity contribution is 9.10. The van der Waals surface area contributed by atoms with Gasteiger partial charge in [0.2, 0.25) is 0 Å². The van der Waals surface area contributed by atoms with Gasteiger partial charge in [0, 0.05) is 18.8 Å². The van der Waals surface area contributed by atoms with Gasteiger partial charge < -0.3 is 5.32 Å². The Bertz CT molecular complexity index is 650. The van der Waals surface area contributed by atoms with Crippen LogP contribution >= 0.6 is 15.9 Å². The lowest BCUT2D eigenvalue weighted by molar-refractivity contribution is 0.0963. The molecule has 98 valence electrons. The van der Waals surface area contributed by atoms with Crippen molar-refractivity contribution in [2.24, 2.45) is 0 Å². The van der Waals surface area contributed by atoms with Crippen molar-refractivity contribution in [3.05, 3.63) is 62.7 Å². The summed E-state index contributed by atoms with van der Waals surface area (Å²) in [5.74, 6) is -0.132. The van der Waals surface area contributed by atoms with E-state index in [-0.39, 0.29) is 11.5 Å². The summed E-state index contributed by atoms with van der Waals surface area (Å²) in [5.41, 5.74) is 1.38. The first-order valence-electron chi connectivity index (χ1n) is 5.63. The summed E-state index contributed by atoms with van der Waals surface area (Å²) in [4.78, 5) is 27.2. The van der Waals surface area contributed by atoms with Gasteiger partial charge in [0.05, 0.1) is 12.9 Å². The first kappa shape index (κ1) is 13.5. The highest BCUT2D eigenvalue weighted by atomic mass is 79.9. The van der Waals surface area contributed by atoms with E-state index in [2.05, 4.69) is 26.2 Å². The molecular weight excluding hydrogens is 310 g/mol. The monoisotopic (exact) mass is 321 g/mol. The van der Waals surface area contributed by atoms with Gasteiger partial charge >= 0.3 is 0 Å². The Hall–Kier alpha value is -1.95. The maximum atomic E-state index is 11.8. The molecule has 1 heterocycles. The number of halogens is 1. The molecule has 0 saturated heterocycles. The maximum Gasteiger partial charge on any atom is 0.267 e. The smallest absolute Gasteiger partial charge is 0.267 e.